The summed E-state index contributed by atoms with van der Waals surface area (Å²) in [6.07, 6.45) is 5.18. The van der Waals surface area contributed by atoms with E-state index in [0.29, 0.717) is 23.9 Å². The molecule has 0 saturated carbocycles. The van der Waals surface area contributed by atoms with Crippen molar-refractivity contribution in [2.45, 2.75) is 20.8 Å². The van der Waals surface area contributed by atoms with Crippen molar-refractivity contribution >= 4 is 11.6 Å². The number of hydrogen-bond acceptors (Lipinski definition) is 5. The molecule has 0 radical (unpaired) electrons. The van der Waals surface area contributed by atoms with Crippen molar-refractivity contribution in [2.24, 2.45) is 0 Å². The minimum Gasteiger partial charge on any atom is -0.492 e. The minimum absolute atomic E-state index is 0.0385. The summed E-state index contributed by atoms with van der Waals surface area (Å²) in [5.74, 6) is 1.12. The lowest BCUT2D eigenvalue weighted by Gasteiger charge is -2.05. The second-order valence-electron chi connectivity index (χ2n) is 4.70. The molecular formula is C16H16N4O2. The van der Waals surface area contributed by atoms with Crippen LogP contribution in [0.25, 0.3) is 11.6 Å². The van der Waals surface area contributed by atoms with E-state index in [0.717, 1.165) is 11.1 Å². The van der Waals surface area contributed by atoms with Gasteiger partial charge in [-0.1, -0.05) is 0 Å². The fourth-order valence-electron chi connectivity index (χ4n) is 1.98. The monoisotopic (exact) mass is 296 g/mol. The highest BCUT2D eigenvalue weighted by Crippen LogP contribution is 2.17. The molecule has 6 nitrogen and oxygen atoms in total. The van der Waals surface area contributed by atoms with E-state index in [1.54, 1.807) is 19.3 Å². The zero-order valence-electron chi connectivity index (χ0n) is 12.7. The SMILES string of the molecule is CCOc1cncc(C=C(C)c2nc(C)c(C#N)c(=O)[nH]2)c1. The number of H-pyrrole nitrogens is 1. The average molecular weight is 296 g/mol. The number of nitrogens with zero attached hydrogens (tertiary/aromatic N) is 3. The maximum atomic E-state index is 11.8. The number of nitrogens with one attached hydrogen (secondary N) is 1. The predicted molar refractivity (Wildman–Crippen MR) is 83.3 cm³/mol. The lowest BCUT2D eigenvalue weighted by molar-refractivity contribution is 0.339. The number of nitriles is 1. The summed E-state index contributed by atoms with van der Waals surface area (Å²) in [6, 6.07) is 3.70. The first-order valence-electron chi connectivity index (χ1n) is 6.82. The molecule has 0 aliphatic rings. The first kappa shape index (κ1) is 15.4. The summed E-state index contributed by atoms with van der Waals surface area (Å²) < 4.78 is 5.40. The molecule has 0 saturated heterocycles. The molecule has 1 N–H and O–H groups in total. The van der Waals surface area contributed by atoms with Gasteiger partial charge in [0.2, 0.25) is 0 Å². The van der Waals surface area contributed by atoms with Crippen molar-refractivity contribution in [1.29, 1.82) is 5.26 Å². The van der Waals surface area contributed by atoms with E-state index in [2.05, 4.69) is 15.0 Å². The van der Waals surface area contributed by atoms with Gasteiger partial charge in [-0.05, 0) is 44.1 Å². The topological polar surface area (TPSA) is 91.7 Å². The molecular weight excluding hydrogens is 280 g/mol. The van der Waals surface area contributed by atoms with Gasteiger partial charge in [-0.2, -0.15) is 5.26 Å². The van der Waals surface area contributed by atoms with E-state index >= 15 is 0 Å². The molecule has 0 aliphatic carbocycles. The number of aromatic amines is 1. The van der Waals surface area contributed by atoms with Crippen LogP contribution in [0.4, 0.5) is 0 Å². The van der Waals surface area contributed by atoms with Crippen molar-refractivity contribution < 1.29 is 4.74 Å². The number of aryl methyl sites for hydroxylation is 1. The van der Waals surface area contributed by atoms with Crippen LogP contribution >= 0.6 is 0 Å². The van der Waals surface area contributed by atoms with Gasteiger partial charge in [-0.25, -0.2) is 4.98 Å². The quantitative estimate of drug-likeness (QED) is 0.934. The second kappa shape index (κ2) is 6.68. The van der Waals surface area contributed by atoms with E-state index in [9.17, 15) is 4.79 Å². The Hall–Kier alpha value is -2.94. The van der Waals surface area contributed by atoms with Crippen molar-refractivity contribution in [3.8, 4) is 11.8 Å². The molecule has 2 rings (SSSR count). The maximum absolute atomic E-state index is 11.8. The van der Waals surface area contributed by atoms with E-state index in [1.807, 2.05) is 32.1 Å². The molecule has 0 atom stereocenters. The molecule has 6 heteroatoms. The first-order chi connectivity index (χ1) is 10.5. The smallest absolute Gasteiger partial charge is 0.269 e. The van der Waals surface area contributed by atoms with Gasteiger partial charge in [0.1, 0.15) is 23.2 Å². The van der Waals surface area contributed by atoms with E-state index in [1.165, 1.54) is 0 Å². The maximum Gasteiger partial charge on any atom is 0.269 e. The highest BCUT2D eigenvalue weighted by molar-refractivity contribution is 5.77. The molecule has 0 bridgehead atoms. The Morgan fingerprint density at radius 3 is 2.91 bits per heavy atom. The zero-order valence-corrected chi connectivity index (χ0v) is 12.7. The van der Waals surface area contributed by atoms with E-state index < -0.39 is 5.56 Å². The van der Waals surface area contributed by atoms with Crippen molar-refractivity contribution in [3.63, 3.8) is 0 Å². The van der Waals surface area contributed by atoms with E-state index in [4.69, 9.17) is 10.00 Å². The number of allylic oxidation sites excluding steroid dienone is 1. The van der Waals surface area contributed by atoms with Gasteiger partial charge >= 0.3 is 0 Å². The predicted octanol–water partition coefficient (Wildman–Crippen LogP) is 2.30. The molecule has 0 amide bonds. The van der Waals surface area contributed by atoms with Gasteiger partial charge in [-0.3, -0.25) is 9.78 Å². The Labute approximate surface area is 128 Å². The van der Waals surface area contributed by atoms with Crippen molar-refractivity contribution in [2.75, 3.05) is 6.61 Å². The summed E-state index contributed by atoms with van der Waals surface area (Å²) in [7, 11) is 0. The Morgan fingerprint density at radius 1 is 1.50 bits per heavy atom. The van der Waals surface area contributed by atoms with Gasteiger partial charge < -0.3 is 9.72 Å². The molecule has 2 aromatic rings. The van der Waals surface area contributed by atoms with Gasteiger partial charge in [0.25, 0.3) is 5.56 Å². The van der Waals surface area contributed by atoms with Crippen LogP contribution in [-0.4, -0.2) is 21.6 Å². The molecule has 2 aromatic heterocycles. The summed E-state index contributed by atoms with van der Waals surface area (Å²) in [4.78, 5) is 22.8. The highest BCUT2D eigenvalue weighted by atomic mass is 16.5. The summed E-state index contributed by atoms with van der Waals surface area (Å²) >= 11 is 0. The lowest BCUT2D eigenvalue weighted by atomic mass is 10.1. The standard InChI is InChI=1S/C16H16N4O2/c1-4-22-13-6-12(8-18-9-13)5-10(2)15-19-11(3)14(7-17)16(21)20-15/h5-6,8-9H,4H2,1-3H3,(H,19,20,21). The average Bonchev–Trinajstić information content (AvgIpc) is 2.47. The van der Waals surface area contributed by atoms with Crippen LogP contribution < -0.4 is 10.3 Å². The molecule has 0 fully saturated rings. The largest absolute Gasteiger partial charge is 0.492 e. The number of aromatic nitrogens is 3. The highest BCUT2D eigenvalue weighted by Gasteiger charge is 2.08. The van der Waals surface area contributed by atoms with Crippen LogP contribution in [-0.2, 0) is 0 Å². The lowest BCUT2D eigenvalue weighted by Crippen LogP contribution is -2.16. The summed E-state index contributed by atoms with van der Waals surface area (Å²) in [5.41, 5.74) is 1.62. The van der Waals surface area contributed by atoms with Crippen molar-refractivity contribution in [1.82, 2.24) is 15.0 Å². The Balaban J connectivity index is 2.39. The van der Waals surface area contributed by atoms with Gasteiger partial charge in [0.15, 0.2) is 0 Å². The number of pyridine rings is 1. The third-order valence-electron chi connectivity index (χ3n) is 3.01. The first-order valence-corrected chi connectivity index (χ1v) is 6.82. The molecule has 112 valence electrons. The second-order valence-corrected chi connectivity index (χ2v) is 4.70. The van der Waals surface area contributed by atoms with Gasteiger partial charge in [-0.15, -0.1) is 0 Å². The van der Waals surface area contributed by atoms with E-state index in [-0.39, 0.29) is 5.56 Å². The normalized spacial score (nSPS) is 11.1. The zero-order chi connectivity index (χ0) is 16.1. The Kier molecular flexibility index (Phi) is 4.69. The molecule has 22 heavy (non-hydrogen) atoms. The van der Waals surface area contributed by atoms with Crippen molar-refractivity contribution in [3.05, 3.63) is 51.5 Å². The van der Waals surface area contributed by atoms with Gasteiger partial charge in [0.05, 0.1) is 18.5 Å². The fraction of sp³-hybridized carbons (Fsp3) is 0.250. The van der Waals surface area contributed by atoms with Crippen LogP contribution in [0.3, 0.4) is 0 Å². The Bertz CT molecular complexity index is 816. The number of hydrogen-bond donors (Lipinski definition) is 1. The molecule has 0 aromatic carbocycles. The third-order valence-corrected chi connectivity index (χ3v) is 3.01. The minimum atomic E-state index is -0.432. The van der Waals surface area contributed by atoms with Crippen LogP contribution in [0, 0.1) is 18.3 Å². The molecule has 0 unspecified atom stereocenters. The van der Waals surface area contributed by atoms with Crippen LogP contribution in [0.5, 0.6) is 5.75 Å². The fourth-order valence-corrected chi connectivity index (χ4v) is 1.98. The summed E-state index contributed by atoms with van der Waals surface area (Å²) in [6.45, 7) is 5.94. The molecule has 0 aliphatic heterocycles. The van der Waals surface area contributed by atoms with Gasteiger partial charge in [0, 0.05) is 6.20 Å². The number of ether oxygens (including phenoxy) is 1. The van der Waals surface area contributed by atoms with Crippen LogP contribution in [0.2, 0.25) is 0 Å². The van der Waals surface area contributed by atoms with Crippen LogP contribution in [0.15, 0.2) is 23.3 Å². The van der Waals surface area contributed by atoms with Crippen LogP contribution in [0.1, 0.15) is 36.5 Å². The third kappa shape index (κ3) is 3.38. The number of rotatable bonds is 4. The Morgan fingerprint density at radius 2 is 2.27 bits per heavy atom. The summed E-state index contributed by atoms with van der Waals surface area (Å²) in [5, 5.41) is 8.90. The molecule has 2 heterocycles. The molecule has 0 spiro atoms.